The minimum absolute atomic E-state index is 0.265. The monoisotopic (exact) mass is 461 g/mol. The van der Waals surface area contributed by atoms with Crippen molar-refractivity contribution in [1.82, 2.24) is 9.80 Å². The number of benzene rings is 3. The Morgan fingerprint density at radius 1 is 0.853 bits per heavy atom. The van der Waals surface area contributed by atoms with Gasteiger partial charge >= 0.3 is 6.03 Å². The minimum Gasteiger partial charge on any atom is -0.492 e. The summed E-state index contributed by atoms with van der Waals surface area (Å²) in [5, 5.41) is 0. The highest BCUT2D eigenvalue weighted by molar-refractivity contribution is 6.22. The molecule has 3 aromatic carbocycles. The van der Waals surface area contributed by atoms with E-state index in [1.807, 2.05) is 36.4 Å². The van der Waals surface area contributed by atoms with E-state index in [0.717, 1.165) is 0 Å². The summed E-state index contributed by atoms with van der Waals surface area (Å²) in [6.45, 7) is 2.51. The molecule has 2 aliphatic rings. The molecular weight excluding hydrogens is 437 g/mol. The van der Waals surface area contributed by atoms with Crippen molar-refractivity contribution in [3.8, 4) is 17.2 Å². The van der Waals surface area contributed by atoms with Crippen LogP contribution in [0, 0.1) is 5.82 Å². The second-order valence-electron chi connectivity index (χ2n) is 8.15. The Morgan fingerprint density at radius 2 is 1.59 bits per heavy atom. The molecule has 5 rings (SSSR count). The van der Waals surface area contributed by atoms with Crippen LogP contribution in [-0.2, 0) is 4.79 Å². The predicted molar refractivity (Wildman–Crippen MR) is 125 cm³/mol. The fourth-order valence-corrected chi connectivity index (χ4v) is 4.24. The number of halogens is 1. The molecule has 0 spiro atoms. The molecule has 0 bridgehead atoms. The number of piperazine rings is 1. The van der Waals surface area contributed by atoms with E-state index in [0.29, 0.717) is 55.7 Å². The van der Waals surface area contributed by atoms with E-state index in [1.54, 1.807) is 35.2 Å². The number of nitrogens with zero attached hydrogens (tertiary/aromatic N) is 3. The number of ether oxygens (including phenoxy) is 2. The zero-order chi connectivity index (χ0) is 23.5. The second kappa shape index (κ2) is 9.52. The molecule has 1 unspecified atom stereocenters. The van der Waals surface area contributed by atoms with Crippen molar-refractivity contribution in [1.29, 1.82) is 0 Å². The fraction of sp³-hybridized carbons (Fsp3) is 0.231. The number of rotatable bonds is 7. The number of hydrogen-bond donors (Lipinski definition) is 0. The van der Waals surface area contributed by atoms with Gasteiger partial charge in [0.15, 0.2) is 5.75 Å². The summed E-state index contributed by atoms with van der Waals surface area (Å²) in [5.41, 5.74) is 0.432. The molecule has 34 heavy (non-hydrogen) atoms. The van der Waals surface area contributed by atoms with Gasteiger partial charge in [0.1, 0.15) is 30.0 Å². The molecule has 8 heteroatoms. The maximum absolute atomic E-state index is 13.3. The smallest absolute Gasteiger partial charge is 0.332 e. The van der Waals surface area contributed by atoms with Crippen LogP contribution in [-0.4, -0.2) is 60.6 Å². The number of anilines is 1. The third-order valence-corrected chi connectivity index (χ3v) is 5.97. The number of carbonyl (C=O) groups excluding carboxylic acids is 2. The van der Waals surface area contributed by atoms with Gasteiger partial charge in [0, 0.05) is 26.2 Å². The largest absolute Gasteiger partial charge is 0.492 e. The summed E-state index contributed by atoms with van der Waals surface area (Å²) in [6.07, 6.45) is 0. The van der Waals surface area contributed by atoms with Crippen LogP contribution >= 0.6 is 0 Å². The zero-order valence-corrected chi connectivity index (χ0v) is 18.5. The third-order valence-electron chi connectivity index (χ3n) is 5.97. The Morgan fingerprint density at radius 3 is 2.38 bits per heavy atom. The molecule has 2 aliphatic heterocycles. The van der Waals surface area contributed by atoms with Crippen LogP contribution in [0.4, 0.5) is 14.9 Å². The van der Waals surface area contributed by atoms with Crippen LogP contribution in [0.2, 0.25) is 0 Å². The van der Waals surface area contributed by atoms with Crippen LogP contribution in [0.5, 0.6) is 17.2 Å². The molecule has 2 fully saturated rings. The Labute approximate surface area is 196 Å². The third kappa shape index (κ3) is 4.45. The lowest BCUT2D eigenvalue weighted by molar-refractivity contribution is -0.121. The topological polar surface area (TPSA) is 62.3 Å². The lowest BCUT2D eigenvalue weighted by Crippen LogP contribution is -2.53. The van der Waals surface area contributed by atoms with Gasteiger partial charge in [-0.3, -0.25) is 9.69 Å². The van der Waals surface area contributed by atoms with Gasteiger partial charge in [-0.25, -0.2) is 14.1 Å². The highest BCUT2D eigenvalue weighted by Gasteiger charge is 2.48. The highest BCUT2D eigenvalue weighted by Crippen LogP contribution is 2.36. The summed E-state index contributed by atoms with van der Waals surface area (Å²) < 4.78 is 24.7. The van der Waals surface area contributed by atoms with Gasteiger partial charge < -0.3 is 14.4 Å². The van der Waals surface area contributed by atoms with E-state index in [9.17, 15) is 14.0 Å². The van der Waals surface area contributed by atoms with Gasteiger partial charge in [-0.15, -0.1) is 0 Å². The Bertz CT molecular complexity index is 1170. The minimum atomic E-state index is -0.558. The average molecular weight is 461 g/mol. The standard InChI is InChI=1S/C26H24FN3O4/c27-19-10-12-20(13-11-19)33-17-16-28-14-15-29-23(18-28)25(31)30(26(29)32)22-8-4-5-9-24(22)34-21-6-2-1-3-7-21/h1-13,23H,14-18H2. The Hall–Kier alpha value is -3.91. The van der Waals surface area contributed by atoms with Gasteiger partial charge in [-0.1, -0.05) is 30.3 Å². The molecule has 0 saturated carbocycles. The van der Waals surface area contributed by atoms with Crippen molar-refractivity contribution in [2.24, 2.45) is 0 Å². The van der Waals surface area contributed by atoms with Crippen molar-refractivity contribution < 1.29 is 23.5 Å². The van der Waals surface area contributed by atoms with E-state index >= 15 is 0 Å². The maximum Gasteiger partial charge on any atom is 0.332 e. The SMILES string of the molecule is O=C1C2CN(CCOc3ccc(F)cc3)CCN2C(=O)N1c1ccccc1Oc1ccccc1. The van der Waals surface area contributed by atoms with Crippen molar-refractivity contribution in [2.45, 2.75) is 6.04 Å². The number of hydrogen-bond acceptors (Lipinski definition) is 5. The van der Waals surface area contributed by atoms with E-state index < -0.39 is 6.04 Å². The molecule has 2 heterocycles. The molecular formula is C26H24FN3O4. The van der Waals surface area contributed by atoms with Crippen molar-refractivity contribution in [3.05, 3.63) is 84.7 Å². The summed E-state index contributed by atoms with van der Waals surface area (Å²) in [5.74, 6) is 1.08. The molecule has 7 nitrogen and oxygen atoms in total. The van der Waals surface area contributed by atoms with Gasteiger partial charge in [0.25, 0.3) is 5.91 Å². The molecule has 0 N–H and O–H groups in total. The Balaban J connectivity index is 1.26. The predicted octanol–water partition coefficient (Wildman–Crippen LogP) is 4.15. The Kier molecular flexibility index (Phi) is 6.14. The van der Waals surface area contributed by atoms with Crippen LogP contribution in [0.3, 0.4) is 0 Å². The van der Waals surface area contributed by atoms with Crippen LogP contribution in [0.1, 0.15) is 0 Å². The highest BCUT2D eigenvalue weighted by atomic mass is 19.1. The summed E-state index contributed by atoms with van der Waals surface area (Å²) >= 11 is 0. The molecule has 174 valence electrons. The van der Waals surface area contributed by atoms with Gasteiger partial charge in [0.05, 0.1) is 5.69 Å². The molecule has 1 atom stereocenters. The quantitative estimate of drug-likeness (QED) is 0.495. The first-order valence-electron chi connectivity index (χ1n) is 11.2. The lowest BCUT2D eigenvalue weighted by atomic mass is 10.2. The molecule has 0 aromatic heterocycles. The number of urea groups is 1. The van der Waals surface area contributed by atoms with Gasteiger partial charge in [-0.2, -0.15) is 0 Å². The first kappa shape index (κ1) is 21.9. The van der Waals surface area contributed by atoms with Crippen molar-refractivity contribution in [2.75, 3.05) is 37.7 Å². The summed E-state index contributed by atoms with van der Waals surface area (Å²) in [6, 6.07) is 21.3. The van der Waals surface area contributed by atoms with E-state index in [-0.39, 0.29) is 17.8 Å². The molecule has 3 amide bonds. The average Bonchev–Trinajstić information content (AvgIpc) is 3.11. The number of imide groups is 1. The van der Waals surface area contributed by atoms with E-state index in [4.69, 9.17) is 9.47 Å². The van der Waals surface area contributed by atoms with Crippen molar-refractivity contribution in [3.63, 3.8) is 0 Å². The van der Waals surface area contributed by atoms with Crippen molar-refractivity contribution >= 4 is 17.6 Å². The number of amides is 3. The van der Waals surface area contributed by atoms with E-state index in [1.165, 1.54) is 17.0 Å². The molecule has 3 aromatic rings. The summed E-state index contributed by atoms with van der Waals surface area (Å²) in [7, 11) is 0. The lowest BCUT2D eigenvalue weighted by Gasteiger charge is -2.35. The first-order valence-corrected chi connectivity index (χ1v) is 11.2. The molecule has 0 aliphatic carbocycles. The van der Waals surface area contributed by atoms with Gasteiger partial charge in [0.2, 0.25) is 0 Å². The van der Waals surface area contributed by atoms with Crippen LogP contribution in [0.15, 0.2) is 78.9 Å². The molecule has 2 saturated heterocycles. The summed E-state index contributed by atoms with van der Waals surface area (Å²) in [4.78, 5) is 31.5. The molecule has 0 radical (unpaired) electrons. The van der Waals surface area contributed by atoms with Crippen LogP contribution in [0.25, 0.3) is 0 Å². The first-order chi connectivity index (χ1) is 16.6. The fourth-order valence-electron chi connectivity index (χ4n) is 4.24. The zero-order valence-electron chi connectivity index (χ0n) is 18.5. The number of fused-ring (bicyclic) bond motifs is 1. The number of carbonyl (C=O) groups is 2. The number of para-hydroxylation sites is 3. The normalized spacial score (nSPS) is 18.2. The van der Waals surface area contributed by atoms with Crippen LogP contribution < -0.4 is 14.4 Å². The van der Waals surface area contributed by atoms with Gasteiger partial charge in [-0.05, 0) is 48.5 Å². The maximum atomic E-state index is 13.3. The van der Waals surface area contributed by atoms with E-state index in [2.05, 4.69) is 4.90 Å². The second-order valence-corrected chi connectivity index (χ2v) is 8.15.